The molecule has 0 saturated heterocycles. The zero-order chi connectivity index (χ0) is 12.0. The van der Waals surface area contributed by atoms with Crippen molar-refractivity contribution >= 4 is 5.91 Å². The number of ether oxygens (including phenoxy) is 1. The summed E-state index contributed by atoms with van der Waals surface area (Å²) < 4.78 is 4.92. The summed E-state index contributed by atoms with van der Waals surface area (Å²) in [5.74, 6) is 0.235. The van der Waals surface area contributed by atoms with Gasteiger partial charge in [-0.25, -0.2) is 0 Å². The van der Waals surface area contributed by atoms with E-state index in [0.717, 1.165) is 0 Å². The molecule has 2 N–H and O–H groups in total. The summed E-state index contributed by atoms with van der Waals surface area (Å²) in [5.41, 5.74) is 0.576. The number of rotatable bonds is 4. The highest BCUT2D eigenvalue weighted by atomic mass is 16.5. The average molecular weight is 220 g/mol. The number of nitrogens with one attached hydrogen (secondary N) is 1. The fourth-order valence-corrected chi connectivity index (χ4v) is 1.15. The number of nitriles is 1. The molecule has 0 unspecified atom stereocenters. The van der Waals surface area contributed by atoms with Crippen LogP contribution in [-0.2, 0) is 11.3 Å². The molecule has 0 spiro atoms. The Kier molecular flexibility index (Phi) is 4.16. The van der Waals surface area contributed by atoms with Crippen molar-refractivity contribution in [3.63, 3.8) is 0 Å². The van der Waals surface area contributed by atoms with Crippen LogP contribution in [0.4, 0.5) is 0 Å². The van der Waals surface area contributed by atoms with Crippen molar-refractivity contribution in [3.05, 3.63) is 23.8 Å². The van der Waals surface area contributed by atoms with Gasteiger partial charge in [0.25, 0.3) is 0 Å². The van der Waals surface area contributed by atoms with Crippen molar-refractivity contribution in [1.29, 1.82) is 5.26 Å². The van der Waals surface area contributed by atoms with Gasteiger partial charge in [0.1, 0.15) is 17.9 Å². The summed E-state index contributed by atoms with van der Waals surface area (Å²) in [5, 5.41) is 20.4. The minimum Gasteiger partial charge on any atom is -0.507 e. The summed E-state index contributed by atoms with van der Waals surface area (Å²) in [6, 6.07) is 6.55. The minimum absolute atomic E-state index is 0.0524. The van der Waals surface area contributed by atoms with Crippen LogP contribution in [0.15, 0.2) is 18.2 Å². The Hall–Kier alpha value is -2.22. The van der Waals surface area contributed by atoms with E-state index in [4.69, 9.17) is 10.00 Å². The third kappa shape index (κ3) is 3.17. The normalized spacial score (nSPS) is 9.25. The predicted molar refractivity (Wildman–Crippen MR) is 56.7 cm³/mol. The zero-order valence-electron chi connectivity index (χ0n) is 8.86. The highest BCUT2D eigenvalue weighted by molar-refractivity contribution is 5.78. The van der Waals surface area contributed by atoms with E-state index in [-0.39, 0.29) is 24.6 Å². The van der Waals surface area contributed by atoms with Crippen LogP contribution in [-0.4, -0.2) is 18.1 Å². The standard InChI is InChI=1S/C11H12N2O3/c1-16-9-3-2-8(10(14)6-9)7-13-11(15)4-5-12/h2-3,6,14H,4,7H2,1H3,(H,13,15). The number of nitrogens with zero attached hydrogens (tertiary/aromatic N) is 1. The zero-order valence-corrected chi connectivity index (χ0v) is 8.86. The highest BCUT2D eigenvalue weighted by Gasteiger charge is 2.05. The van der Waals surface area contributed by atoms with Crippen LogP contribution < -0.4 is 10.1 Å². The summed E-state index contributed by atoms with van der Waals surface area (Å²) in [6.45, 7) is 0.191. The van der Waals surface area contributed by atoms with Gasteiger partial charge in [-0.1, -0.05) is 0 Å². The third-order valence-electron chi connectivity index (χ3n) is 2.01. The summed E-state index contributed by atoms with van der Waals surface area (Å²) in [7, 11) is 1.50. The molecule has 0 fully saturated rings. The Balaban J connectivity index is 2.61. The number of carbonyl (C=O) groups is 1. The van der Waals surface area contributed by atoms with Gasteiger partial charge >= 0.3 is 0 Å². The van der Waals surface area contributed by atoms with Crippen LogP contribution in [0.2, 0.25) is 0 Å². The van der Waals surface area contributed by atoms with Gasteiger partial charge in [0.2, 0.25) is 5.91 Å². The number of amides is 1. The maximum absolute atomic E-state index is 11.0. The van der Waals surface area contributed by atoms with Crippen molar-refractivity contribution in [3.8, 4) is 17.6 Å². The van der Waals surface area contributed by atoms with Gasteiger partial charge in [0.15, 0.2) is 0 Å². The SMILES string of the molecule is COc1ccc(CNC(=O)CC#N)c(O)c1. The number of phenols is 1. The first-order chi connectivity index (χ1) is 7.67. The van der Waals surface area contributed by atoms with Gasteiger partial charge in [-0.2, -0.15) is 5.26 Å². The van der Waals surface area contributed by atoms with Crippen molar-refractivity contribution in [2.45, 2.75) is 13.0 Å². The predicted octanol–water partition coefficient (Wildman–Crippen LogP) is 0.931. The second-order valence-electron chi connectivity index (χ2n) is 3.11. The lowest BCUT2D eigenvalue weighted by Crippen LogP contribution is -2.21. The Morgan fingerprint density at radius 1 is 1.62 bits per heavy atom. The Morgan fingerprint density at radius 3 is 2.94 bits per heavy atom. The highest BCUT2D eigenvalue weighted by Crippen LogP contribution is 2.22. The van der Waals surface area contributed by atoms with Crippen LogP contribution in [0.1, 0.15) is 12.0 Å². The van der Waals surface area contributed by atoms with E-state index in [2.05, 4.69) is 5.32 Å². The minimum atomic E-state index is -0.363. The molecule has 0 heterocycles. The monoisotopic (exact) mass is 220 g/mol. The number of carbonyl (C=O) groups excluding carboxylic acids is 1. The smallest absolute Gasteiger partial charge is 0.234 e. The molecule has 1 amide bonds. The van der Waals surface area contributed by atoms with Crippen LogP contribution in [0.3, 0.4) is 0 Å². The molecule has 0 aliphatic carbocycles. The van der Waals surface area contributed by atoms with E-state index in [1.54, 1.807) is 18.2 Å². The molecule has 84 valence electrons. The summed E-state index contributed by atoms with van der Waals surface area (Å²) in [4.78, 5) is 11.0. The Morgan fingerprint density at radius 2 is 2.38 bits per heavy atom. The van der Waals surface area contributed by atoms with E-state index in [1.807, 2.05) is 0 Å². The lowest BCUT2D eigenvalue weighted by atomic mass is 10.2. The molecule has 0 bridgehead atoms. The van der Waals surface area contributed by atoms with Gasteiger partial charge in [-0.05, 0) is 12.1 Å². The molecule has 5 heteroatoms. The van der Waals surface area contributed by atoms with Crippen molar-refractivity contribution in [1.82, 2.24) is 5.32 Å². The van der Waals surface area contributed by atoms with Gasteiger partial charge in [0.05, 0.1) is 13.2 Å². The summed E-state index contributed by atoms with van der Waals surface area (Å²) >= 11 is 0. The number of methoxy groups -OCH3 is 1. The third-order valence-corrected chi connectivity index (χ3v) is 2.01. The van der Waals surface area contributed by atoms with Crippen molar-refractivity contribution < 1.29 is 14.6 Å². The number of benzene rings is 1. The van der Waals surface area contributed by atoms with E-state index >= 15 is 0 Å². The first-order valence-corrected chi connectivity index (χ1v) is 4.67. The Bertz CT molecular complexity index is 424. The number of hydrogen-bond donors (Lipinski definition) is 2. The molecule has 0 aliphatic rings. The van der Waals surface area contributed by atoms with Crippen LogP contribution in [0, 0.1) is 11.3 Å². The Labute approximate surface area is 93.3 Å². The van der Waals surface area contributed by atoms with Gasteiger partial charge in [-0.3, -0.25) is 4.79 Å². The van der Waals surface area contributed by atoms with Crippen molar-refractivity contribution in [2.75, 3.05) is 7.11 Å². The molecule has 1 aromatic rings. The van der Waals surface area contributed by atoms with Crippen LogP contribution >= 0.6 is 0 Å². The molecule has 0 aromatic heterocycles. The quantitative estimate of drug-likeness (QED) is 0.790. The fourth-order valence-electron chi connectivity index (χ4n) is 1.15. The molecular formula is C11H12N2O3. The maximum atomic E-state index is 11.0. The lowest BCUT2D eigenvalue weighted by Gasteiger charge is -2.07. The van der Waals surface area contributed by atoms with Crippen LogP contribution in [0.5, 0.6) is 11.5 Å². The average Bonchev–Trinajstić information content (AvgIpc) is 2.27. The number of aromatic hydroxyl groups is 1. The van der Waals surface area contributed by atoms with E-state index in [1.165, 1.54) is 13.2 Å². The first kappa shape index (κ1) is 11.9. The molecule has 0 saturated carbocycles. The second kappa shape index (κ2) is 5.61. The second-order valence-corrected chi connectivity index (χ2v) is 3.11. The lowest BCUT2D eigenvalue weighted by molar-refractivity contribution is -0.120. The molecule has 5 nitrogen and oxygen atoms in total. The number of phenolic OH excluding ortho intramolecular Hbond substituents is 1. The largest absolute Gasteiger partial charge is 0.507 e. The summed E-state index contributed by atoms with van der Waals surface area (Å²) in [6.07, 6.45) is -0.184. The molecule has 1 rings (SSSR count). The first-order valence-electron chi connectivity index (χ1n) is 4.67. The van der Waals surface area contributed by atoms with E-state index in [0.29, 0.717) is 11.3 Å². The molecule has 0 radical (unpaired) electrons. The maximum Gasteiger partial charge on any atom is 0.234 e. The molecule has 0 aliphatic heterocycles. The van der Waals surface area contributed by atoms with Gasteiger partial charge < -0.3 is 15.2 Å². The molecular weight excluding hydrogens is 208 g/mol. The topological polar surface area (TPSA) is 82.3 Å². The molecule has 0 atom stereocenters. The molecule has 16 heavy (non-hydrogen) atoms. The van der Waals surface area contributed by atoms with Gasteiger partial charge in [0, 0.05) is 18.2 Å². The van der Waals surface area contributed by atoms with Gasteiger partial charge in [-0.15, -0.1) is 0 Å². The van der Waals surface area contributed by atoms with Crippen LogP contribution in [0.25, 0.3) is 0 Å². The molecule has 1 aromatic carbocycles. The van der Waals surface area contributed by atoms with E-state index in [9.17, 15) is 9.90 Å². The fraction of sp³-hybridized carbons (Fsp3) is 0.273. The van der Waals surface area contributed by atoms with E-state index < -0.39 is 0 Å². The van der Waals surface area contributed by atoms with Crippen molar-refractivity contribution in [2.24, 2.45) is 0 Å². The number of hydrogen-bond acceptors (Lipinski definition) is 4.